The summed E-state index contributed by atoms with van der Waals surface area (Å²) in [7, 11) is 1.61. The van der Waals surface area contributed by atoms with Gasteiger partial charge < -0.3 is 29.0 Å². The summed E-state index contributed by atoms with van der Waals surface area (Å²) in [5, 5.41) is 3.09. The Hall–Kier alpha value is -2.30. The van der Waals surface area contributed by atoms with Crippen LogP contribution in [0.2, 0.25) is 0 Å². The second-order valence-corrected chi connectivity index (χ2v) is 9.91. The first kappa shape index (κ1) is 27.7. The van der Waals surface area contributed by atoms with Gasteiger partial charge in [-0.2, -0.15) is 0 Å². The molecule has 1 N–H and O–H groups in total. The van der Waals surface area contributed by atoms with Crippen molar-refractivity contribution in [1.29, 1.82) is 0 Å². The van der Waals surface area contributed by atoms with Crippen LogP contribution >= 0.6 is 24.8 Å². The van der Waals surface area contributed by atoms with E-state index in [1.807, 2.05) is 91.0 Å². The van der Waals surface area contributed by atoms with Crippen molar-refractivity contribution in [2.24, 2.45) is 0 Å². The molecule has 8 heteroatoms. The van der Waals surface area contributed by atoms with Crippen LogP contribution in [0.5, 0.6) is 0 Å². The molecule has 5 atom stereocenters. The van der Waals surface area contributed by atoms with Crippen LogP contribution in [0.25, 0.3) is 0 Å². The van der Waals surface area contributed by atoms with Crippen molar-refractivity contribution in [3.8, 4) is 0 Å². The van der Waals surface area contributed by atoms with Crippen LogP contribution in [0.15, 0.2) is 91.0 Å². The summed E-state index contributed by atoms with van der Waals surface area (Å²) in [6, 6.07) is 30.1. The molecule has 1 aliphatic rings. The van der Waals surface area contributed by atoms with Gasteiger partial charge >= 0.3 is 0 Å². The van der Waals surface area contributed by atoms with Gasteiger partial charge in [0.15, 0.2) is 6.29 Å². The molecule has 0 aliphatic carbocycles. The van der Waals surface area contributed by atoms with Gasteiger partial charge in [0, 0.05) is 13.7 Å². The van der Waals surface area contributed by atoms with Crippen molar-refractivity contribution in [3.63, 3.8) is 0 Å². The first-order chi connectivity index (χ1) is 18.1. The van der Waals surface area contributed by atoms with E-state index in [2.05, 4.69) is 17.9 Å². The van der Waals surface area contributed by atoms with Crippen LogP contribution in [-0.2, 0) is 43.5 Å². The molecular formula is C29H33NO5S2. The minimum atomic E-state index is -0.665. The van der Waals surface area contributed by atoms with Gasteiger partial charge in [0.05, 0.1) is 19.8 Å². The highest BCUT2D eigenvalue weighted by Gasteiger charge is 2.48. The summed E-state index contributed by atoms with van der Waals surface area (Å²) in [4.78, 5) is 0. The van der Waals surface area contributed by atoms with E-state index in [9.17, 15) is 0 Å². The lowest BCUT2D eigenvalue weighted by Gasteiger charge is -2.45. The zero-order chi connectivity index (χ0) is 25.9. The summed E-state index contributed by atoms with van der Waals surface area (Å²) < 4.78 is 32.0. The van der Waals surface area contributed by atoms with E-state index in [0.717, 1.165) is 16.7 Å². The maximum Gasteiger partial charge on any atom is 0.186 e. The number of hydrogen-bond acceptors (Lipinski definition) is 6. The number of benzene rings is 3. The largest absolute Gasteiger partial charge is 0.368 e. The molecule has 1 saturated heterocycles. The number of rotatable bonds is 12. The van der Waals surface area contributed by atoms with Gasteiger partial charge in [0.25, 0.3) is 0 Å². The lowest BCUT2D eigenvalue weighted by Crippen LogP contribution is -2.62. The van der Waals surface area contributed by atoms with Gasteiger partial charge in [-0.3, -0.25) is 0 Å². The Morgan fingerprint density at radius 1 is 0.730 bits per heavy atom. The van der Waals surface area contributed by atoms with E-state index in [-0.39, 0.29) is 0 Å². The normalized spacial score (nSPS) is 23.5. The predicted molar refractivity (Wildman–Crippen MR) is 150 cm³/mol. The van der Waals surface area contributed by atoms with Gasteiger partial charge in [-0.15, -0.1) is 12.6 Å². The van der Waals surface area contributed by atoms with E-state index in [1.165, 1.54) is 0 Å². The standard InChI is InChI=1S/C29H33NO5S2/c1-31-28-27(34-20-23-15-9-4-10-16-23)26(33-19-22-13-7-3-8-14-22)25(24(35-28)17-30-29(36)37)32-18-21-11-5-2-6-12-21/h2-16,24-28H,17-20H2,1H3,(H2,30,36,37)/t24-,25-,26+,27-,28+/m1/s1. The topological polar surface area (TPSA) is 58.2 Å². The van der Waals surface area contributed by atoms with E-state index < -0.39 is 30.7 Å². The number of thiocarbonyl (C=S) groups is 1. The molecule has 3 aromatic rings. The number of thiol groups is 1. The van der Waals surface area contributed by atoms with Crippen LogP contribution in [0.1, 0.15) is 16.7 Å². The number of hydrogen-bond donors (Lipinski definition) is 2. The summed E-state index contributed by atoms with van der Waals surface area (Å²) in [6.07, 6.45) is -2.57. The van der Waals surface area contributed by atoms with Crippen LogP contribution in [0, 0.1) is 0 Å². The van der Waals surface area contributed by atoms with Crippen molar-refractivity contribution in [2.45, 2.75) is 50.5 Å². The molecule has 1 fully saturated rings. The Morgan fingerprint density at radius 3 is 1.59 bits per heavy atom. The van der Waals surface area contributed by atoms with Crippen molar-refractivity contribution in [2.75, 3.05) is 13.7 Å². The third-order valence-corrected chi connectivity index (χ3v) is 6.44. The average molecular weight is 540 g/mol. The van der Waals surface area contributed by atoms with Gasteiger partial charge in [0.2, 0.25) is 0 Å². The monoisotopic (exact) mass is 539 g/mol. The summed E-state index contributed by atoms with van der Waals surface area (Å²) in [5.41, 5.74) is 3.15. The summed E-state index contributed by atoms with van der Waals surface area (Å²) in [6.45, 7) is 1.56. The average Bonchev–Trinajstić information content (AvgIpc) is 2.94. The van der Waals surface area contributed by atoms with Crippen LogP contribution in [0.4, 0.5) is 0 Å². The highest BCUT2D eigenvalue weighted by atomic mass is 32.1. The molecule has 0 aromatic heterocycles. The second kappa shape index (κ2) is 14.6. The highest BCUT2D eigenvalue weighted by molar-refractivity contribution is 8.11. The third-order valence-electron chi connectivity index (χ3n) is 6.13. The van der Waals surface area contributed by atoms with E-state index in [0.29, 0.717) is 30.7 Å². The Morgan fingerprint density at radius 2 is 1.16 bits per heavy atom. The molecule has 0 spiro atoms. The van der Waals surface area contributed by atoms with E-state index in [4.69, 9.17) is 35.9 Å². The highest BCUT2D eigenvalue weighted by Crippen LogP contribution is 2.30. The fourth-order valence-corrected chi connectivity index (χ4v) is 4.46. The molecular weight excluding hydrogens is 506 g/mol. The molecule has 6 nitrogen and oxygen atoms in total. The zero-order valence-electron chi connectivity index (χ0n) is 20.8. The Kier molecular flexibility index (Phi) is 10.9. The maximum absolute atomic E-state index is 6.55. The molecule has 37 heavy (non-hydrogen) atoms. The first-order valence-corrected chi connectivity index (χ1v) is 13.1. The second-order valence-electron chi connectivity index (χ2n) is 8.75. The molecule has 0 radical (unpaired) electrons. The van der Waals surface area contributed by atoms with Gasteiger partial charge in [-0.25, -0.2) is 0 Å². The van der Waals surface area contributed by atoms with Crippen LogP contribution in [0.3, 0.4) is 0 Å². The number of ether oxygens (including phenoxy) is 5. The molecule has 3 aromatic carbocycles. The Labute approximate surface area is 229 Å². The quantitative estimate of drug-likeness (QED) is 0.250. The number of methoxy groups -OCH3 is 1. The van der Waals surface area contributed by atoms with Crippen molar-refractivity contribution in [3.05, 3.63) is 108 Å². The zero-order valence-corrected chi connectivity index (χ0v) is 22.5. The minimum Gasteiger partial charge on any atom is -0.368 e. The van der Waals surface area contributed by atoms with Crippen molar-refractivity contribution in [1.82, 2.24) is 5.32 Å². The predicted octanol–water partition coefficient (Wildman–Crippen LogP) is 4.92. The Bertz CT molecular complexity index is 1070. The molecule has 0 bridgehead atoms. The fourth-order valence-electron chi connectivity index (χ4n) is 4.29. The smallest absolute Gasteiger partial charge is 0.186 e. The molecule has 1 heterocycles. The van der Waals surface area contributed by atoms with Crippen molar-refractivity contribution < 1.29 is 23.7 Å². The van der Waals surface area contributed by atoms with Gasteiger partial charge in [-0.05, 0) is 16.7 Å². The van der Waals surface area contributed by atoms with Crippen LogP contribution < -0.4 is 5.32 Å². The number of nitrogens with one attached hydrogen (secondary N) is 1. The lowest BCUT2D eigenvalue weighted by atomic mass is 9.97. The maximum atomic E-state index is 6.55. The van der Waals surface area contributed by atoms with Gasteiger partial charge in [-0.1, -0.05) is 103 Å². The van der Waals surface area contributed by atoms with Gasteiger partial charge in [0.1, 0.15) is 28.7 Å². The SMILES string of the molecule is CO[C@H]1O[C@H](CNC(=S)S)[C@@H](OCc2ccccc2)[C@H](OCc2ccccc2)[C@H]1OCc1ccccc1. The summed E-state index contributed by atoms with van der Waals surface area (Å²) in [5.74, 6) is 0. The minimum absolute atomic E-state index is 0.378. The van der Waals surface area contributed by atoms with E-state index in [1.54, 1.807) is 7.11 Å². The van der Waals surface area contributed by atoms with E-state index >= 15 is 0 Å². The first-order valence-electron chi connectivity index (χ1n) is 12.3. The van der Waals surface area contributed by atoms with Crippen molar-refractivity contribution >= 4 is 29.2 Å². The Balaban J connectivity index is 1.60. The lowest BCUT2D eigenvalue weighted by molar-refractivity contribution is -0.316. The molecule has 196 valence electrons. The molecule has 0 amide bonds. The molecule has 4 rings (SSSR count). The molecule has 0 saturated carbocycles. The van der Waals surface area contributed by atoms with Crippen LogP contribution in [-0.4, -0.2) is 48.7 Å². The molecule has 1 aliphatic heterocycles. The summed E-state index contributed by atoms with van der Waals surface area (Å²) >= 11 is 9.36. The molecule has 0 unspecified atom stereocenters. The fraction of sp³-hybridized carbons (Fsp3) is 0.345. The third kappa shape index (κ3) is 8.35.